The second-order valence-corrected chi connectivity index (χ2v) is 8.56. The lowest BCUT2D eigenvalue weighted by Crippen LogP contribution is -2.48. The summed E-state index contributed by atoms with van der Waals surface area (Å²) in [6, 6.07) is 12.4. The predicted octanol–water partition coefficient (Wildman–Crippen LogP) is 3.81. The van der Waals surface area contributed by atoms with Gasteiger partial charge in [0.05, 0.1) is 4.90 Å². The van der Waals surface area contributed by atoms with Gasteiger partial charge in [-0.3, -0.25) is 0 Å². The lowest BCUT2D eigenvalue weighted by molar-refractivity contribution is 0.385. The fourth-order valence-electron chi connectivity index (χ4n) is 2.77. The average molecular weight is 385 g/mol. The lowest BCUT2D eigenvalue weighted by Gasteiger charge is -2.35. The molecule has 0 N–H and O–H groups in total. The molecule has 3 rings (SSSR count). The van der Waals surface area contributed by atoms with Gasteiger partial charge in [-0.05, 0) is 55.0 Å². The zero-order valence-electron chi connectivity index (χ0n) is 13.2. The molecule has 128 valence electrons. The number of benzene rings is 2. The van der Waals surface area contributed by atoms with E-state index in [1.165, 1.54) is 4.31 Å². The highest BCUT2D eigenvalue weighted by atomic mass is 35.5. The normalized spacial score (nSPS) is 16.4. The minimum atomic E-state index is -3.49. The quantitative estimate of drug-likeness (QED) is 0.807. The zero-order chi connectivity index (χ0) is 17.3. The fraction of sp³-hybridized carbons (Fsp3) is 0.294. The van der Waals surface area contributed by atoms with E-state index >= 15 is 0 Å². The highest BCUT2D eigenvalue weighted by Crippen LogP contribution is 2.25. The fourth-order valence-corrected chi connectivity index (χ4v) is 4.52. The maximum absolute atomic E-state index is 12.8. The van der Waals surface area contributed by atoms with E-state index in [9.17, 15) is 8.42 Å². The van der Waals surface area contributed by atoms with Gasteiger partial charge in [-0.2, -0.15) is 4.31 Å². The highest BCUT2D eigenvalue weighted by molar-refractivity contribution is 7.89. The van der Waals surface area contributed by atoms with Crippen molar-refractivity contribution in [3.63, 3.8) is 0 Å². The van der Waals surface area contributed by atoms with Gasteiger partial charge in [0, 0.05) is 41.9 Å². The first-order chi connectivity index (χ1) is 11.4. The van der Waals surface area contributed by atoms with Crippen molar-refractivity contribution in [1.82, 2.24) is 4.31 Å². The van der Waals surface area contributed by atoms with E-state index in [2.05, 4.69) is 4.90 Å². The van der Waals surface area contributed by atoms with Crippen LogP contribution >= 0.6 is 23.2 Å². The van der Waals surface area contributed by atoms with Crippen LogP contribution in [-0.4, -0.2) is 38.9 Å². The SMILES string of the molecule is Cc1cc(S(=O)(=O)N2CCN(c3ccc(Cl)cc3)CC2)ccc1Cl. The topological polar surface area (TPSA) is 40.6 Å². The third-order valence-corrected chi connectivity index (χ3v) is 6.77. The van der Waals surface area contributed by atoms with Crippen molar-refractivity contribution < 1.29 is 8.42 Å². The molecule has 1 heterocycles. The van der Waals surface area contributed by atoms with Crippen molar-refractivity contribution in [3.8, 4) is 0 Å². The number of nitrogens with zero attached hydrogens (tertiary/aromatic N) is 2. The van der Waals surface area contributed by atoms with Crippen LogP contribution in [0.3, 0.4) is 0 Å². The molecule has 0 unspecified atom stereocenters. The van der Waals surface area contributed by atoms with Gasteiger partial charge in [-0.1, -0.05) is 23.2 Å². The summed E-state index contributed by atoms with van der Waals surface area (Å²) in [6.07, 6.45) is 0. The van der Waals surface area contributed by atoms with Gasteiger partial charge in [0.25, 0.3) is 0 Å². The Morgan fingerprint density at radius 2 is 1.54 bits per heavy atom. The van der Waals surface area contributed by atoms with E-state index < -0.39 is 10.0 Å². The Morgan fingerprint density at radius 3 is 2.12 bits per heavy atom. The summed E-state index contributed by atoms with van der Waals surface area (Å²) in [5, 5.41) is 1.26. The first-order valence-corrected chi connectivity index (χ1v) is 9.84. The number of piperazine rings is 1. The molecule has 0 amide bonds. The van der Waals surface area contributed by atoms with E-state index in [4.69, 9.17) is 23.2 Å². The molecule has 1 fully saturated rings. The molecular weight excluding hydrogens is 367 g/mol. The Morgan fingerprint density at radius 1 is 0.917 bits per heavy atom. The average Bonchev–Trinajstić information content (AvgIpc) is 2.58. The zero-order valence-corrected chi connectivity index (χ0v) is 15.6. The first kappa shape index (κ1) is 17.5. The van der Waals surface area contributed by atoms with Gasteiger partial charge >= 0.3 is 0 Å². The molecule has 0 spiro atoms. The Hall–Kier alpha value is -1.27. The van der Waals surface area contributed by atoms with Crippen molar-refractivity contribution in [2.45, 2.75) is 11.8 Å². The number of hydrogen-bond acceptors (Lipinski definition) is 3. The third kappa shape index (κ3) is 3.54. The van der Waals surface area contributed by atoms with Gasteiger partial charge in [0.1, 0.15) is 0 Å². The molecule has 2 aromatic rings. The Balaban J connectivity index is 1.73. The molecule has 7 heteroatoms. The van der Waals surface area contributed by atoms with E-state index in [0.717, 1.165) is 11.3 Å². The monoisotopic (exact) mass is 384 g/mol. The van der Waals surface area contributed by atoms with Gasteiger partial charge in [0.2, 0.25) is 10.0 Å². The predicted molar refractivity (Wildman–Crippen MR) is 98.6 cm³/mol. The number of hydrogen-bond donors (Lipinski definition) is 0. The van der Waals surface area contributed by atoms with Crippen LogP contribution in [0.5, 0.6) is 0 Å². The maximum Gasteiger partial charge on any atom is 0.243 e. The van der Waals surface area contributed by atoms with E-state index in [-0.39, 0.29) is 0 Å². The van der Waals surface area contributed by atoms with Crippen LogP contribution in [0.15, 0.2) is 47.4 Å². The number of halogens is 2. The second-order valence-electron chi connectivity index (χ2n) is 5.78. The van der Waals surface area contributed by atoms with Crippen LogP contribution in [0.2, 0.25) is 10.0 Å². The highest BCUT2D eigenvalue weighted by Gasteiger charge is 2.28. The standard InChI is InChI=1S/C17H18Cl2N2O2S/c1-13-12-16(6-7-17(13)19)24(22,23)21-10-8-20(9-11-21)15-4-2-14(18)3-5-15/h2-7,12H,8-11H2,1H3. The molecule has 0 bridgehead atoms. The smallest absolute Gasteiger partial charge is 0.243 e. The molecular formula is C17H18Cl2N2O2S. The molecule has 4 nitrogen and oxygen atoms in total. The number of anilines is 1. The molecule has 2 aromatic carbocycles. The summed E-state index contributed by atoms with van der Waals surface area (Å²) in [6.45, 7) is 4.00. The van der Waals surface area contributed by atoms with Crippen molar-refractivity contribution in [2.75, 3.05) is 31.1 Å². The van der Waals surface area contributed by atoms with Crippen molar-refractivity contribution >= 4 is 38.9 Å². The summed E-state index contributed by atoms with van der Waals surface area (Å²) in [7, 11) is -3.49. The van der Waals surface area contributed by atoms with Crippen molar-refractivity contribution in [2.24, 2.45) is 0 Å². The Labute approximate surface area is 152 Å². The largest absolute Gasteiger partial charge is 0.369 e. The van der Waals surface area contributed by atoms with E-state index in [0.29, 0.717) is 41.1 Å². The minimum absolute atomic E-state index is 0.296. The molecule has 0 saturated carbocycles. The second kappa shape index (κ2) is 6.92. The first-order valence-electron chi connectivity index (χ1n) is 7.65. The maximum atomic E-state index is 12.8. The van der Waals surface area contributed by atoms with E-state index in [1.54, 1.807) is 25.1 Å². The van der Waals surface area contributed by atoms with Gasteiger partial charge < -0.3 is 4.90 Å². The Kier molecular flexibility index (Phi) is 5.06. The van der Waals surface area contributed by atoms with Gasteiger partial charge in [-0.25, -0.2) is 8.42 Å². The van der Waals surface area contributed by atoms with Crippen LogP contribution in [-0.2, 0) is 10.0 Å². The van der Waals surface area contributed by atoms with Crippen LogP contribution in [0.25, 0.3) is 0 Å². The molecule has 1 aliphatic heterocycles. The van der Waals surface area contributed by atoms with Gasteiger partial charge in [0.15, 0.2) is 0 Å². The summed E-state index contributed by atoms with van der Waals surface area (Å²) in [4.78, 5) is 2.46. The summed E-state index contributed by atoms with van der Waals surface area (Å²) >= 11 is 11.9. The summed E-state index contributed by atoms with van der Waals surface area (Å²) in [5.41, 5.74) is 1.82. The summed E-state index contributed by atoms with van der Waals surface area (Å²) < 4.78 is 27.1. The van der Waals surface area contributed by atoms with Crippen LogP contribution in [0.4, 0.5) is 5.69 Å². The molecule has 0 aliphatic carbocycles. The molecule has 1 saturated heterocycles. The van der Waals surface area contributed by atoms with E-state index in [1.807, 2.05) is 24.3 Å². The molecule has 0 radical (unpaired) electrons. The number of rotatable bonds is 3. The van der Waals surface area contributed by atoms with Crippen LogP contribution in [0, 0.1) is 6.92 Å². The lowest BCUT2D eigenvalue weighted by atomic mass is 10.2. The van der Waals surface area contributed by atoms with Crippen LogP contribution in [0.1, 0.15) is 5.56 Å². The molecule has 1 aliphatic rings. The molecule has 0 atom stereocenters. The number of aryl methyl sites for hydroxylation is 1. The number of sulfonamides is 1. The van der Waals surface area contributed by atoms with Gasteiger partial charge in [-0.15, -0.1) is 0 Å². The third-order valence-electron chi connectivity index (χ3n) is 4.20. The van der Waals surface area contributed by atoms with Crippen molar-refractivity contribution in [1.29, 1.82) is 0 Å². The summed E-state index contributed by atoms with van der Waals surface area (Å²) in [5.74, 6) is 0. The van der Waals surface area contributed by atoms with Crippen LogP contribution < -0.4 is 4.90 Å². The Bertz CT molecular complexity index is 830. The molecule has 24 heavy (non-hydrogen) atoms. The minimum Gasteiger partial charge on any atom is -0.369 e. The van der Waals surface area contributed by atoms with Crippen molar-refractivity contribution in [3.05, 3.63) is 58.1 Å². The molecule has 0 aromatic heterocycles.